The van der Waals surface area contributed by atoms with Gasteiger partial charge in [-0.05, 0) is 61.1 Å². The van der Waals surface area contributed by atoms with E-state index in [1.807, 2.05) is 18.5 Å². The number of ether oxygens (including phenoxy) is 1. The molecule has 3 heteroatoms. The lowest BCUT2D eigenvalue weighted by atomic mass is 9.87. The molecular formula is C18H22N2O. The fourth-order valence-electron chi connectivity index (χ4n) is 3.12. The van der Waals surface area contributed by atoms with Crippen molar-refractivity contribution in [2.45, 2.75) is 38.3 Å². The van der Waals surface area contributed by atoms with Gasteiger partial charge in [-0.15, -0.1) is 0 Å². The van der Waals surface area contributed by atoms with Gasteiger partial charge >= 0.3 is 0 Å². The number of pyridine rings is 1. The van der Waals surface area contributed by atoms with Crippen LogP contribution in [0.3, 0.4) is 0 Å². The van der Waals surface area contributed by atoms with Crippen LogP contribution < -0.4 is 10.1 Å². The lowest BCUT2D eigenvalue weighted by Gasteiger charge is -2.29. The zero-order valence-corrected chi connectivity index (χ0v) is 12.7. The molecular weight excluding hydrogens is 260 g/mol. The number of hydrogen-bond acceptors (Lipinski definition) is 3. The van der Waals surface area contributed by atoms with Crippen molar-refractivity contribution in [3.8, 4) is 5.75 Å². The Kier molecular flexibility index (Phi) is 4.20. The smallest absolute Gasteiger partial charge is 0.119 e. The summed E-state index contributed by atoms with van der Waals surface area (Å²) in [4.78, 5) is 4.21. The van der Waals surface area contributed by atoms with E-state index in [1.165, 1.54) is 29.5 Å². The highest BCUT2D eigenvalue weighted by atomic mass is 16.5. The quantitative estimate of drug-likeness (QED) is 0.925. The number of hydrogen-bond donors (Lipinski definition) is 1. The van der Waals surface area contributed by atoms with E-state index in [4.69, 9.17) is 4.74 Å². The van der Waals surface area contributed by atoms with Crippen molar-refractivity contribution in [2.75, 3.05) is 7.11 Å². The number of nitrogens with zero attached hydrogens (tertiary/aromatic N) is 1. The van der Waals surface area contributed by atoms with Gasteiger partial charge in [0, 0.05) is 24.5 Å². The van der Waals surface area contributed by atoms with Crippen molar-refractivity contribution in [3.05, 3.63) is 59.4 Å². The molecule has 1 aromatic heterocycles. The molecule has 0 fully saturated rings. The highest BCUT2D eigenvalue weighted by Crippen LogP contribution is 2.33. The van der Waals surface area contributed by atoms with Gasteiger partial charge < -0.3 is 10.1 Å². The highest BCUT2D eigenvalue weighted by molar-refractivity contribution is 5.39. The van der Waals surface area contributed by atoms with E-state index in [1.54, 1.807) is 7.11 Å². The monoisotopic (exact) mass is 282 g/mol. The number of methoxy groups -OCH3 is 1. The predicted octanol–water partition coefficient (Wildman–Crippen LogP) is 3.82. The zero-order valence-electron chi connectivity index (χ0n) is 12.7. The molecule has 1 aliphatic carbocycles. The Morgan fingerprint density at radius 2 is 2.24 bits per heavy atom. The molecule has 0 amide bonds. The van der Waals surface area contributed by atoms with Crippen LogP contribution in [-0.4, -0.2) is 12.1 Å². The second-order valence-corrected chi connectivity index (χ2v) is 5.68. The van der Waals surface area contributed by atoms with E-state index >= 15 is 0 Å². The van der Waals surface area contributed by atoms with E-state index in [2.05, 4.69) is 41.5 Å². The van der Waals surface area contributed by atoms with E-state index < -0.39 is 0 Å². The normalized spacial score (nSPS) is 18.9. The Labute approximate surface area is 126 Å². The average molecular weight is 282 g/mol. The van der Waals surface area contributed by atoms with Crippen LogP contribution in [-0.2, 0) is 6.42 Å². The number of aromatic nitrogens is 1. The van der Waals surface area contributed by atoms with Crippen molar-refractivity contribution in [2.24, 2.45) is 0 Å². The van der Waals surface area contributed by atoms with Crippen molar-refractivity contribution < 1.29 is 4.74 Å². The maximum absolute atomic E-state index is 5.34. The van der Waals surface area contributed by atoms with Gasteiger partial charge in [-0.2, -0.15) is 0 Å². The SMILES string of the molecule is COc1ccc2c(c1)CCCC2N[C@@H](C)c1cccnc1. The molecule has 0 bridgehead atoms. The first-order chi connectivity index (χ1) is 10.3. The number of fused-ring (bicyclic) bond motifs is 1. The molecule has 0 saturated carbocycles. The average Bonchev–Trinajstić information content (AvgIpc) is 2.55. The van der Waals surface area contributed by atoms with Gasteiger partial charge in [0.1, 0.15) is 5.75 Å². The third-order valence-corrected chi connectivity index (χ3v) is 4.30. The lowest BCUT2D eigenvalue weighted by Crippen LogP contribution is -2.27. The number of rotatable bonds is 4. The molecule has 1 aromatic carbocycles. The first-order valence-corrected chi connectivity index (χ1v) is 7.60. The number of aryl methyl sites for hydroxylation is 1. The van der Waals surface area contributed by atoms with Crippen molar-refractivity contribution in [1.82, 2.24) is 10.3 Å². The van der Waals surface area contributed by atoms with Crippen molar-refractivity contribution in [1.29, 1.82) is 0 Å². The Morgan fingerprint density at radius 1 is 1.33 bits per heavy atom. The molecule has 3 rings (SSSR count). The first-order valence-electron chi connectivity index (χ1n) is 7.60. The minimum absolute atomic E-state index is 0.303. The third kappa shape index (κ3) is 3.08. The van der Waals surface area contributed by atoms with Gasteiger partial charge in [0.2, 0.25) is 0 Å². The summed E-state index contributed by atoms with van der Waals surface area (Å²) in [6, 6.07) is 11.3. The van der Waals surface area contributed by atoms with Gasteiger partial charge in [-0.25, -0.2) is 0 Å². The summed E-state index contributed by atoms with van der Waals surface area (Å²) >= 11 is 0. The summed E-state index contributed by atoms with van der Waals surface area (Å²) in [6.45, 7) is 2.20. The van der Waals surface area contributed by atoms with E-state index in [0.29, 0.717) is 12.1 Å². The van der Waals surface area contributed by atoms with E-state index in [9.17, 15) is 0 Å². The fraction of sp³-hybridized carbons (Fsp3) is 0.389. The predicted molar refractivity (Wildman–Crippen MR) is 84.5 cm³/mol. The molecule has 0 radical (unpaired) electrons. The molecule has 0 spiro atoms. The van der Waals surface area contributed by atoms with Crippen LogP contribution in [0.25, 0.3) is 0 Å². The van der Waals surface area contributed by atoms with Crippen LogP contribution in [0.2, 0.25) is 0 Å². The topological polar surface area (TPSA) is 34.1 Å². The Hall–Kier alpha value is -1.87. The summed E-state index contributed by atoms with van der Waals surface area (Å²) in [6.07, 6.45) is 7.31. The molecule has 2 atom stereocenters. The number of nitrogens with one attached hydrogen (secondary N) is 1. The fourth-order valence-corrected chi connectivity index (χ4v) is 3.12. The van der Waals surface area contributed by atoms with Crippen LogP contribution in [0.5, 0.6) is 5.75 Å². The van der Waals surface area contributed by atoms with Gasteiger partial charge in [0.05, 0.1) is 7.11 Å². The molecule has 0 aliphatic heterocycles. The Balaban J connectivity index is 1.79. The van der Waals surface area contributed by atoms with Crippen molar-refractivity contribution >= 4 is 0 Å². The van der Waals surface area contributed by atoms with Gasteiger partial charge in [-0.1, -0.05) is 12.1 Å². The molecule has 0 saturated heterocycles. The second-order valence-electron chi connectivity index (χ2n) is 5.68. The molecule has 1 unspecified atom stereocenters. The summed E-state index contributed by atoms with van der Waals surface area (Å²) in [7, 11) is 1.73. The van der Waals surface area contributed by atoms with Gasteiger partial charge in [0.25, 0.3) is 0 Å². The van der Waals surface area contributed by atoms with Gasteiger partial charge in [0.15, 0.2) is 0 Å². The second kappa shape index (κ2) is 6.27. The van der Waals surface area contributed by atoms with Crippen LogP contribution in [0.4, 0.5) is 0 Å². The summed E-state index contributed by atoms with van der Waals surface area (Å²) < 4.78 is 5.34. The van der Waals surface area contributed by atoms with E-state index in [-0.39, 0.29) is 0 Å². The summed E-state index contributed by atoms with van der Waals surface area (Å²) in [5.74, 6) is 0.953. The zero-order chi connectivity index (χ0) is 14.7. The van der Waals surface area contributed by atoms with Crippen LogP contribution in [0, 0.1) is 0 Å². The minimum atomic E-state index is 0.303. The largest absolute Gasteiger partial charge is 0.497 e. The standard InChI is InChI=1S/C18H22N2O/c1-13(15-6-4-10-19-12-15)20-18-7-3-5-14-11-16(21-2)8-9-17(14)18/h4,6,8-13,18,20H,3,5,7H2,1-2H3/t13-,18?/m0/s1. The molecule has 2 aromatic rings. The van der Waals surface area contributed by atoms with Crippen molar-refractivity contribution in [3.63, 3.8) is 0 Å². The molecule has 1 N–H and O–H groups in total. The maximum atomic E-state index is 5.34. The molecule has 21 heavy (non-hydrogen) atoms. The molecule has 110 valence electrons. The van der Waals surface area contributed by atoms with Gasteiger partial charge in [-0.3, -0.25) is 4.98 Å². The van der Waals surface area contributed by atoms with Crippen LogP contribution in [0.1, 0.15) is 48.5 Å². The third-order valence-electron chi connectivity index (χ3n) is 4.30. The first kappa shape index (κ1) is 14.1. The maximum Gasteiger partial charge on any atom is 0.119 e. The summed E-state index contributed by atoms with van der Waals surface area (Å²) in [5.41, 5.74) is 4.06. The molecule has 1 heterocycles. The Morgan fingerprint density at radius 3 is 3.00 bits per heavy atom. The lowest BCUT2D eigenvalue weighted by molar-refractivity contribution is 0.402. The molecule has 3 nitrogen and oxygen atoms in total. The van der Waals surface area contributed by atoms with Crippen LogP contribution >= 0.6 is 0 Å². The molecule has 1 aliphatic rings. The summed E-state index contributed by atoms with van der Waals surface area (Å²) in [5, 5.41) is 3.75. The van der Waals surface area contributed by atoms with E-state index in [0.717, 1.165) is 12.2 Å². The minimum Gasteiger partial charge on any atom is -0.497 e. The Bertz CT molecular complexity index is 597. The highest BCUT2D eigenvalue weighted by Gasteiger charge is 2.22. The van der Waals surface area contributed by atoms with Crippen LogP contribution in [0.15, 0.2) is 42.7 Å². The number of benzene rings is 1.